The highest BCUT2D eigenvalue weighted by Crippen LogP contribution is 2.35. The second kappa shape index (κ2) is 10.2. The summed E-state index contributed by atoms with van der Waals surface area (Å²) in [6, 6.07) is 28.1. The van der Waals surface area contributed by atoms with Crippen LogP contribution in [0.5, 0.6) is 6.01 Å². The number of nitrogens with one attached hydrogen (secondary N) is 1. The van der Waals surface area contributed by atoms with Crippen molar-refractivity contribution in [3.63, 3.8) is 0 Å². The standard InChI is InChI=1S/C32H29N7O2/c33-29-25-18-24(21-6-2-1-3-7-21)28(35-30(25)37-31(40)36-29)22-12-10-20(11-13-22)19-38-16-14-23(15-17-38)39-27-9-5-4-8-26(27)34-32(39)41/h1-13,18,23H,14-17,19H2,(H,34,41)(H3,33,35,36,37,40). The van der Waals surface area contributed by atoms with Gasteiger partial charge in [-0.05, 0) is 42.2 Å². The highest BCUT2D eigenvalue weighted by Gasteiger charge is 2.24. The molecule has 1 fully saturated rings. The van der Waals surface area contributed by atoms with Crippen molar-refractivity contribution >= 4 is 27.9 Å². The van der Waals surface area contributed by atoms with Crippen molar-refractivity contribution < 1.29 is 5.11 Å². The number of anilines is 1. The molecular weight excluding hydrogens is 514 g/mol. The molecule has 3 aromatic carbocycles. The van der Waals surface area contributed by atoms with Gasteiger partial charge in [0.2, 0.25) is 0 Å². The van der Waals surface area contributed by atoms with E-state index in [1.54, 1.807) is 0 Å². The molecule has 1 aliphatic rings. The maximum atomic E-state index is 12.6. The number of pyridine rings is 1. The number of piperidine rings is 1. The molecule has 0 bridgehead atoms. The van der Waals surface area contributed by atoms with Crippen molar-refractivity contribution in [2.75, 3.05) is 18.8 Å². The Hall–Kier alpha value is -5.02. The molecule has 0 unspecified atom stereocenters. The first-order chi connectivity index (χ1) is 20.0. The van der Waals surface area contributed by atoms with Crippen LogP contribution in [0.3, 0.4) is 0 Å². The number of hydrogen-bond donors (Lipinski definition) is 3. The number of rotatable bonds is 5. The molecule has 1 saturated heterocycles. The molecule has 0 radical (unpaired) electrons. The lowest BCUT2D eigenvalue weighted by molar-refractivity contribution is 0.180. The summed E-state index contributed by atoms with van der Waals surface area (Å²) in [5.74, 6) is 0.192. The molecule has 1 aliphatic heterocycles. The van der Waals surface area contributed by atoms with Crippen molar-refractivity contribution in [3.8, 4) is 28.4 Å². The fraction of sp³-hybridized carbons (Fsp3) is 0.188. The highest BCUT2D eigenvalue weighted by atomic mass is 16.3. The minimum Gasteiger partial charge on any atom is -0.479 e. The summed E-state index contributed by atoms with van der Waals surface area (Å²) >= 11 is 0. The van der Waals surface area contributed by atoms with Crippen LogP contribution in [0.1, 0.15) is 24.4 Å². The molecule has 7 rings (SSSR count). The van der Waals surface area contributed by atoms with E-state index in [-0.39, 0.29) is 17.5 Å². The lowest BCUT2D eigenvalue weighted by Crippen LogP contribution is -2.36. The van der Waals surface area contributed by atoms with Gasteiger partial charge in [0.15, 0.2) is 5.65 Å². The van der Waals surface area contributed by atoms with Gasteiger partial charge in [0.1, 0.15) is 5.82 Å². The average molecular weight is 544 g/mol. The first kappa shape index (κ1) is 25.0. The number of nitrogens with zero attached hydrogens (tertiary/aromatic N) is 5. The molecule has 0 amide bonds. The van der Waals surface area contributed by atoms with Crippen LogP contribution in [0.25, 0.3) is 44.5 Å². The second-order valence-electron chi connectivity index (χ2n) is 10.6. The number of para-hydroxylation sites is 2. The number of aromatic amines is 1. The van der Waals surface area contributed by atoms with E-state index in [0.717, 1.165) is 65.9 Å². The molecule has 0 spiro atoms. The first-order valence-electron chi connectivity index (χ1n) is 13.8. The van der Waals surface area contributed by atoms with Gasteiger partial charge in [-0.25, -0.2) is 9.78 Å². The number of hydrogen-bond acceptors (Lipinski definition) is 7. The summed E-state index contributed by atoms with van der Waals surface area (Å²) in [6.07, 6.45) is 1.86. The second-order valence-corrected chi connectivity index (χ2v) is 10.6. The number of fused-ring (bicyclic) bond motifs is 2. The minimum atomic E-state index is -0.394. The number of H-pyrrole nitrogens is 1. The molecular formula is C32H29N7O2. The van der Waals surface area contributed by atoms with Gasteiger partial charge in [-0.1, -0.05) is 66.7 Å². The van der Waals surface area contributed by atoms with Crippen molar-refractivity contribution in [3.05, 3.63) is 101 Å². The zero-order chi connectivity index (χ0) is 27.9. The van der Waals surface area contributed by atoms with Crippen molar-refractivity contribution in [1.29, 1.82) is 0 Å². The molecule has 6 aromatic rings. The Morgan fingerprint density at radius 2 is 1.61 bits per heavy atom. The van der Waals surface area contributed by atoms with E-state index in [1.165, 1.54) is 5.56 Å². The molecule has 3 aromatic heterocycles. The van der Waals surface area contributed by atoms with Crippen LogP contribution in [0.15, 0.2) is 89.7 Å². The van der Waals surface area contributed by atoms with E-state index in [2.05, 4.69) is 44.1 Å². The van der Waals surface area contributed by atoms with Gasteiger partial charge in [-0.15, -0.1) is 0 Å². The first-order valence-corrected chi connectivity index (χ1v) is 13.8. The molecule has 204 valence electrons. The molecule has 9 heteroatoms. The van der Waals surface area contributed by atoms with Crippen LogP contribution in [0.4, 0.5) is 5.82 Å². The Morgan fingerprint density at radius 3 is 2.39 bits per heavy atom. The topological polar surface area (TPSA) is 126 Å². The van der Waals surface area contributed by atoms with Crippen molar-refractivity contribution in [2.45, 2.75) is 25.4 Å². The summed E-state index contributed by atoms with van der Waals surface area (Å²) < 4.78 is 1.93. The van der Waals surface area contributed by atoms with Crippen LogP contribution in [-0.2, 0) is 6.54 Å². The molecule has 4 N–H and O–H groups in total. The monoisotopic (exact) mass is 543 g/mol. The zero-order valence-electron chi connectivity index (χ0n) is 22.4. The summed E-state index contributed by atoms with van der Waals surface area (Å²) in [6.45, 7) is 2.69. The van der Waals surface area contributed by atoms with E-state index in [0.29, 0.717) is 11.0 Å². The molecule has 0 saturated carbocycles. The number of benzene rings is 3. The Balaban J connectivity index is 1.12. The fourth-order valence-corrected chi connectivity index (χ4v) is 5.92. The zero-order valence-corrected chi connectivity index (χ0v) is 22.4. The third-order valence-corrected chi connectivity index (χ3v) is 7.97. The Morgan fingerprint density at radius 1 is 0.878 bits per heavy atom. The van der Waals surface area contributed by atoms with Gasteiger partial charge in [0.25, 0.3) is 0 Å². The van der Waals surface area contributed by atoms with Crippen LogP contribution in [0, 0.1) is 0 Å². The third-order valence-electron chi connectivity index (χ3n) is 7.97. The number of nitrogen functional groups attached to an aromatic ring is 1. The molecule has 4 heterocycles. The van der Waals surface area contributed by atoms with E-state index in [1.807, 2.05) is 65.2 Å². The number of imidazole rings is 1. The number of aromatic nitrogens is 5. The van der Waals surface area contributed by atoms with Gasteiger partial charge in [0.05, 0.1) is 22.1 Å². The predicted molar refractivity (Wildman–Crippen MR) is 160 cm³/mol. The van der Waals surface area contributed by atoms with E-state index in [4.69, 9.17) is 10.7 Å². The molecule has 0 atom stereocenters. The Kier molecular flexibility index (Phi) is 6.20. The molecule has 0 aliphatic carbocycles. The minimum absolute atomic E-state index is 0.0261. The van der Waals surface area contributed by atoms with E-state index < -0.39 is 6.01 Å². The van der Waals surface area contributed by atoms with Crippen LogP contribution < -0.4 is 11.4 Å². The number of likely N-dealkylation sites (tertiary alicyclic amines) is 1. The van der Waals surface area contributed by atoms with E-state index >= 15 is 0 Å². The van der Waals surface area contributed by atoms with Gasteiger partial charge >= 0.3 is 11.7 Å². The lowest BCUT2D eigenvalue weighted by Gasteiger charge is -2.32. The molecule has 9 nitrogen and oxygen atoms in total. The largest absolute Gasteiger partial charge is 0.479 e. The predicted octanol–water partition coefficient (Wildman–Crippen LogP) is 5.13. The number of nitrogens with two attached hydrogens (primary N) is 1. The van der Waals surface area contributed by atoms with Gasteiger partial charge in [0, 0.05) is 36.8 Å². The van der Waals surface area contributed by atoms with Gasteiger partial charge < -0.3 is 15.8 Å². The Labute approximate surface area is 236 Å². The lowest BCUT2D eigenvalue weighted by atomic mass is 9.97. The maximum Gasteiger partial charge on any atom is 0.326 e. The van der Waals surface area contributed by atoms with Gasteiger partial charge in [-0.3, -0.25) is 9.47 Å². The normalized spacial score (nSPS) is 14.6. The summed E-state index contributed by atoms with van der Waals surface area (Å²) in [7, 11) is 0. The Bertz CT molecular complexity index is 1920. The summed E-state index contributed by atoms with van der Waals surface area (Å²) in [4.78, 5) is 30.9. The van der Waals surface area contributed by atoms with Crippen LogP contribution >= 0.6 is 0 Å². The average Bonchev–Trinajstić information content (AvgIpc) is 3.33. The van der Waals surface area contributed by atoms with Crippen LogP contribution in [0.2, 0.25) is 0 Å². The fourth-order valence-electron chi connectivity index (χ4n) is 5.92. The maximum absolute atomic E-state index is 12.6. The smallest absolute Gasteiger partial charge is 0.326 e. The highest BCUT2D eigenvalue weighted by molar-refractivity contribution is 5.94. The number of aromatic hydroxyl groups is 1. The van der Waals surface area contributed by atoms with Crippen LogP contribution in [-0.4, -0.2) is 47.6 Å². The van der Waals surface area contributed by atoms with Crippen molar-refractivity contribution in [2.24, 2.45) is 0 Å². The summed E-state index contributed by atoms with van der Waals surface area (Å²) in [5.41, 5.74) is 13.1. The summed E-state index contributed by atoms with van der Waals surface area (Å²) in [5, 5.41) is 10.5. The molecule has 41 heavy (non-hydrogen) atoms. The SMILES string of the molecule is Nc1nc(O)nc2nc(-c3ccc(CN4CCC(n5c(=O)[nH]c6ccccc65)CC4)cc3)c(-c3ccccc3)cc12. The third kappa shape index (κ3) is 4.70. The van der Waals surface area contributed by atoms with E-state index in [9.17, 15) is 9.90 Å². The van der Waals surface area contributed by atoms with Gasteiger partial charge in [-0.2, -0.15) is 9.97 Å². The van der Waals surface area contributed by atoms with Crippen molar-refractivity contribution in [1.82, 2.24) is 29.4 Å². The quantitative estimate of drug-likeness (QED) is 0.275.